The average molecular weight is 233 g/mol. The maximum absolute atomic E-state index is 6.29. The van der Waals surface area contributed by atoms with E-state index in [1.807, 2.05) is 0 Å². The molecule has 2 heteroatoms. The van der Waals surface area contributed by atoms with Crippen molar-refractivity contribution >= 4 is 0 Å². The molecular weight excluding hydrogens is 210 g/mol. The zero-order valence-electron chi connectivity index (χ0n) is 11.1. The largest absolute Gasteiger partial charge is 0.496 e. The van der Waals surface area contributed by atoms with Gasteiger partial charge in [-0.1, -0.05) is 18.9 Å². The van der Waals surface area contributed by atoms with Gasteiger partial charge in [-0.25, -0.2) is 0 Å². The summed E-state index contributed by atoms with van der Waals surface area (Å²) in [5, 5.41) is 0. The number of methoxy groups -OCH3 is 1. The Hall–Kier alpha value is -1.02. The molecule has 0 bridgehead atoms. The number of hydrogen-bond donors (Lipinski definition) is 1. The third-order valence-electron chi connectivity index (χ3n) is 3.90. The fraction of sp³-hybridized carbons (Fsp3) is 0.600. The van der Waals surface area contributed by atoms with Gasteiger partial charge in [0.25, 0.3) is 0 Å². The minimum Gasteiger partial charge on any atom is -0.496 e. The molecule has 1 saturated carbocycles. The zero-order chi connectivity index (χ0) is 12.4. The fourth-order valence-electron chi connectivity index (χ4n) is 3.10. The molecule has 0 amide bonds. The summed E-state index contributed by atoms with van der Waals surface area (Å²) in [5.41, 5.74) is 10.2. The number of rotatable bonds is 2. The molecule has 17 heavy (non-hydrogen) atoms. The quantitative estimate of drug-likeness (QED) is 0.850. The standard InChI is InChI=1S/C15H23NO/c1-10-8-11(2)15(14(9-10)17-3)12-6-4-5-7-13(12)16/h8-9,12-13H,4-7,16H2,1-3H3. The zero-order valence-corrected chi connectivity index (χ0v) is 11.1. The van der Waals surface area contributed by atoms with Crippen LogP contribution in [0.15, 0.2) is 12.1 Å². The van der Waals surface area contributed by atoms with Gasteiger partial charge >= 0.3 is 0 Å². The van der Waals surface area contributed by atoms with E-state index in [1.165, 1.54) is 36.0 Å². The molecule has 1 fully saturated rings. The van der Waals surface area contributed by atoms with Gasteiger partial charge in [-0.15, -0.1) is 0 Å². The molecule has 2 rings (SSSR count). The van der Waals surface area contributed by atoms with Crippen LogP contribution in [-0.4, -0.2) is 13.2 Å². The lowest BCUT2D eigenvalue weighted by Gasteiger charge is -2.31. The van der Waals surface area contributed by atoms with Crippen molar-refractivity contribution in [1.82, 2.24) is 0 Å². The molecule has 1 aliphatic carbocycles. The Bertz CT molecular complexity index is 400. The van der Waals surface area contributed by atoms with E-state index in [0.717, 1.165) is 12.2 Å². The summed E-state index contributed by atoms with van der Waals surface area (Å²) in [7, 11) is 1.76. The first-order chi connectivity index (χ1) is 8.13. The van der Waals surface area contributed by atoms with Crippen molar-refractivity contribution in [2.75, 3.05) is 7.11 Å². The van der Waals surface area contributed by atoms with Crippen molar-refractivity contribution in [2.45, 2.75) is 51.5 Å². The predicted molar refractivity (Wildman–Crippen MR) is 71.7 cm³/mol. The van der Waals surface area contributed by atoms with E-state index in [9.17, 15) is 0 Å². The topological polar surface area (TPSA) is 35.2 Å². The van der Waals surface area contributed by atoms with Crippen molar-refractivity contribution in [2.24, 2.45) is 5.73 Å². The molecule has 2 unspecified atom stereocenters. The summed E-state index contributed by atoms with van der Waals surface area (Å²) in [6, 6.07) is 4.65. The van der Waals surface area contributed by atoms with Crippen molar-refractivity contribution in [3.63, 3.8) is 0 Å². The minimum atomic E-state index is 0.291. The number of hydrogen-bond acceptors (Lipinski definition) is 2. The van der Waals surface area contributed by atoms with Crippen molar-refractivity contribution in [1.29, 1.82) is 0 Å². The molecule has 2 atom stereocenters. The predicted octanol–water partition coefficient (Wildman–Crippen LogP) is 3.30. The van der Waals surface area contributed by atoms with E-state index in [-0.39, 0.29) is 0 Å². The summed E-state index contributed by atoms with van der Waals surface area (Å²) in [4.78, 5) is 0. The van der Waals surface area contributed by atoms with Gasteiger partial charge in [0.1, 0.15) is 5.75 Å². The van der Waals surface area contributed by atoms with Crippen molar-refractivity contribution in [3.8, 4) is 5.75 Å². The third-order valence-corrected chi connectivity index (χ3v) is 3.90. The van der Waals surface area contributed by atoms with Crippen molar-refractivity contribution in [3.05, 3.63) is 28.8 Å². The van der Waals surface area contributed by atoms with Crippen LogP contribution in [-0.2, 0) is 0 Å². The molecule has 0 aliphatic heterocycles. The molecule has 94 valence electrons. The first-order valence-electron chi connectivity index (χ1n) is 6.54. The lowest BCUT2D eigenvalue weighted by Crippen LogP contribution is -2.32. The van der Waals surface area contributed by atoms with Crippen LogP contribution in [0.3, 0.4) is 0 Å². The monoisotopic (exact) mass is 233 g/mol. The summed E-state index contributed by atoms with van der Waals surface area (Å²) < 4.78 is 5.55. The second-order valence-corrected chi connectivity index (χ2v) is 5.25. The Balaban J connectivity index is 2.42. The van der Waals surface area contributed by atoms with Crippen molar-refractivity contribution < 1.29 is 4.74 Å². The molecule has 0 heterocycles. The Kier molecular flexibility index (Phi) is 3.72. The molecule has 0 spiro atoms. The van der Waals surface area contributed by atoms with E-state index < -0.39 is 0 Å². The third kappa shape index (κ3) is 2.47. The Labute approximate surface area is 104 Å². The Morgan fingerprint density at radius 1 is 1.18 bits per heavy atom. The van der Waals surface area contributed by atoms with Gasteiger partial charge in [0.15, 0.2) is 0 Å². The molecule has 0 saturated heterocycles. The summed E-state index contributed by atoms with van der Waals surface area (Å²) >= 11 is 0. The SMILES string of the molecule is COc1cc(C)cc(C)c1C1CCCCC1N. The first-order valence-corrected chi connectivity index (χ1v) is 6.54. The second-order valence-electron chi connectivity index (χ2n) is 5.25. The highest BCUT2D eigenvalue weighted by Crippen LogP contribution is 2.39. The van der Waals surface area contributed by atoms with Gasteiger partial charge in [0.05, 0.1) is 7.11 Å². The first kappa shape index (κ1) is 12.4. The van der Waals surface area contributed by atoms with Crippen LogP contribution in [0.2, 0.25) is 0 Å². The average Bonchev–Trinajstić information content (AvgIpc) is 2.29. The molecule has 1 aromatic carbocycles. The fourth-order valence-corrected chi connectivity index (χ4v) is 3.10. The molecule has 2 N–H and O–H groups in total. The van der Waals surface area contributed by atoms with E-state index in [2.05, 4.69) is 26.0 Å². The number of aryl methyl sites for hydroxylation is 2. The van der Waals surface area contributed by atoms with E-state index >= 15 is 0 Å². The second kappa shape index (κ2) is 5.09. The lowest BCUT2D eigenvalue weighted by molar-refractivity contribution is 0.359. The van der Waals surface area contributed by atoms with Gasteiger partial charge in [-0.05, 0) is 43.9 Å². The van der Waals surface area contributed by atoms with Gasteiger partial charge in [-0.3, -0.25) is 0 Å². The Morgan fingerprint density at radius 2 is 1.88 bits per heavy atom. The molecule has 0 aromatic heterocycles. The highest BCUT2D eigenvalue weighted by atomic mass is 16.5. The van der Waals surface area contributed by atoms with Gasteiger partial charge in [0.2, 0.25) is 0 Å². The molecule has 0 radical (unpaired) electrons. The lowest BCUT2D eigenvalue weighted by atomic mass is 9.78. The van der Waals surface area contributed by atoms with Crippen LogP contribution in [0.25, 0.3) is 0 Å². The molecular formula is C15H23NO. The van der Waals surface area contributed by atoms with Crippen LogP contribution in [0.4, 0.5) is 0 Å². The number of ether oxygens (including phenoxy) is 1. The summed E-state index contributed by atoms with van der Waals surface area (Å²) in [6.07, 6.45) is 4.89. The summed E-state index contributed by atoms with van der Waals surface area (Å²) in [5.74, 6) is 1.49. The minimum absolute atomic E-state index is 0.291. The van der Waals surface area contributed by atoms with Crippen LogP contribution in [0.1, 0.15) is 48.3 Å². The highest BCUT2D eigenvalue weighted by molar-refractivity contribution is 5.46. The van der Waals surface area contributed by atoms with E-state index in [4.69, 9.17) is 10.5 Å². The summed E-state index contributed by atoms with van der Waals surface area (Å²) in [6.45, 7) is 4.28. The number of benzene rings is 1. The Morgan fingerprint density at radius 3 is 2.53 bits per heavy atom. The smallest absolute Gasteiger partial charge is 0.122 e. The normalized spacial score (nSPS) is 24.7. The highest BCUT2D eigenvalue weighted by Gasteiger charge is 2.27. The maximum atomic E-state index is 6.29. The molecule has 2 nitrogen and oxygen atoms in total. The molecule has 1 aliphatic rings. The van der Waals surface area contributed by atoms with Crippen LogP contribution >= 0.6 is 0 Å². The number of nitrogens with two attached hydrogens (primary N) is 1. The van der Waals surface area contributed by atoms with E-state index in [1.54, 1.807) is 7.11 Å². The van der Waals surface area contributed by atoms with Gasteiger partial charge in [-0.2, -0.15) is 0 Å². The van der Waals surface area contributed by atoms with Gasteiger partial charge in [0, 0.05) is 17.5 Å². The maximum Gasteiger partial charge on any atom is 0.122 e. The van der Waals surface area contributed by atoms with E-state index in [0.29, 0.717) is 12.0 Å². The van der Waals surface area contributed by atoms with Crippen LogP contribution in [0.5, 0.6) is 5.75 Å². The van der Waals surface area contributed by atoms with Gasteiger partial charge < -0.3 is 10.5 Å². The molecule has 1 aromatic rings. The van der Waals surface area contributed by atoms with Crippen LogP contribution < -0.4 is 10.5 Å². The van der Waals surface area contributed by atoms with Crippen LogP contribution in [0, 0.1) is 13.8 Å².